The zero-order valence-electron chi connectivity index (χ0n) is 10.3. The largest absolute Gasteiger partial charge is 0.337 e. The number of hydrogen-bond acceptors (Lipinski definition) is 2. The molecule has 0 aliphatic carbocycles. The highest BCUT2D eigenvalue weighted by atomic mass is 35.5. The van der Waals surface area contributed by atoms with E-state index in [4.69, 9.17) is 28.9 Å². The van der Waals surface area contributed by atoms with E-state index in [0.717, 1.165) is 5.56 Å². The number of rotatable bonds is 4. The third-order valence-corrected chi connectivity index (χ3v) is 3.18. The summed E-state index contributed by atoms with van der Waals surface area (Å²) in [6, 6.07) is 4.85. The number of amides is 1. The van der Waals surface area contributed by atoms with Crippen LogP contribution in [0.25, 0.3) is 0 Å². The fourth-order valence-electron chi connectivity index (χ4n) is 1.49. The molecule has 0 aromatic heterocycles. The summed E-state index contributed by atoms with van der Waals surface area (Å²) in [5, 5.41) is 1.01. The molecule has 102 valence electrons. The first kappa shape index (κ1) is 17.5. The molecule has 1 amide bonds. The molecule has 0 saturated carbocycles. The van der Waals surface area contributed by atoms with E-state index >= 15 is 0 Å². The van der Waals surface area contributed by atoms with Crippen LogP contribution in [0.4, 0.5) is 0 Å². The second kappa shape index (κ2) is 7.85. The Morgan fingerprint density at radius 2 is 2.00 bits per heavy atom. The minimum atomic E-state index is -0.488. The minimum Gasteiger partial charge on any atom is -0.337 e. The van der Waals surface area contributed by atoms with E-state index in [1.807, 2.05) is 13.0 Å². The Kier molecular flexibility index (Phi) is 7.64. The Bertz CT molecular complexity index is 410. The molecule has 18 heavy (non-hydrogen) atoms. The van der Waals surface area contributed by atoms with Gasteiger partial charge in [-0.25, -0.2) is 0 Å². The van der Waals surface area contributed by atoms with Crippen molar-refractivity contribution in [1.82, 2.24) is 4.90 Å². The van der Waals surface area contributed by atoms with Crippen molar-refractivity contribution in [1.29, 1.82) is 0 Å². The maximum atomic E-state index is 11.8. The second-order valence-corrected chi connectivity index (χ2v) is 4.70. The van der Waals surface area contributed by atoms with Gasteiger partial charge < -0.3 is 10.6 Å². The van der Waals surface area contributed by atoms with E-state index in [0.29, 0.717) is 23.1 Å². The van der Waals surface area contributed by atoms with Crippen molar-refractivity contribution in [2.45, 2.75) is 26.4 Å². The first-order valence-corrected chi connectivity index (χ1v) is 6.19. The maximum absolute atomic E-state index is 11.8. The number of hydrogen-bond donors (Lipinski definition) is 1. The second-order valence-electron chi connectivity index (χ2n) is 3.89. The van der Waals surface area contributed by atoms with Gasteiger partial charge in [0.15, 0.2) is 0 Å². The summed E-state index contributed by atoms with van der Waals surface area (Å²) in [5.74, 6) is -0.0708. The number of halogens is 3. The van der Waals surface area contributed by atoms with Crippen molar-refractivity contribution in [2.75, 3.05) is 6.54 Å². The molecule has 0 heterocycles. The van der Waals surface area contributed by atoms with E-state index < -0.39 is 6.04 Å². The molecule has 1 aromatic carbocycles. The summed E-state index contributed by atoms with van der Waals surface area (Å²) in [4.78, 5) is 13.5. The van der Waals surface area contributed by atoms with Crippen LogP contribution in [0.1, 0.15) is 19.4 Å². The predicted octanol–water partition coefficient (Wildman–Crippen LogP) is 3.11. The van der Waals surface area contributed by atoms with Gasteiger partial charge in [0.2, 0.25) is 5.91 Å². The van der Waals surface area contributed by atoms with Crippen LogP contribution < -0.4 is 5.73 Å². The van der Waals surface area contributed by atoms with Crippen molar-refractivity contribution in [2.24, 2.45) is 5.73 Å². The quantitative estimate of drug-likeness (QED) is 0.928. The Morgan fingerprint density at radius 1 is 1.39 bits per heavy atom. The van der Waals surface area contributed by atoms with Gasteiger partial charge in [-0.15, -0.1) is 12.4 Å². The average Bonchev–Trinajstić information content (AvgIpc) is 2.29. The van der Waals surface area contributed by atoms with Gasteiger partial charge in [0.25, 0.3) is 0 Å². The van der Waals surface area contributed by atoms with E-state index in [1.165, 1.54) is 0 Å². The van der Waals surface area contributed by atoms with Crippen LogP contribution >= 0.6 is 35.6 Å². The smallest absolute Gasteiger partial charge is 0.239 e. The fourth-order valence-corrected chi connectivity index (χ4v) is 1.81. The minimum absolute atomic E-state index is 0. The number of benzene rings is 1. The van der Waals surface area contributed by atoms with Crippen molar-refractivity contribution < 1.29 is 4.79 Å². The topological polar surface area (TPSA) is 46.3 Å². The Balaban J connectivity index is 0.00000289. The Hall–Kier alpha value is -0.480. The van der Waals surface area contributed by atoms with Crippen LogP contribution in [0.3, 0.4) is 0 Å². The van der Waals surface area contributed by atoms with Crippen molar-refractivity contribution in [3.8, 4) is 0 Å². The molecule has 3 nitrogen and oxygen atoms in total. The van der Waals surface area contributed by atoms with E-state index in [-0.39, 0.29) is 18.3 Å². The fraction of sp³-hybridized carbons (Fsp3) is 0.417. The lowest BCUT2D eigenvalue weighted by Gasteiger charge is -2.23. The number of nitrogens with two attached hydrogens (primary N) is 1. The predicted molar refractivity (Wildman–Crippen MR) is 78.5 cm³/mol. The highest BCUT2D eigenvalue weighted by Gasteiger charge is 2.16. The van der Waals surface area contributed by atoms with Crippen LogP contribution in [0.2, 0.25) is 10.0 Å². The molecule has 6 heteroatoms. The van der Waals surface area contributed by atoms with E-state index in [1.54, 1.807) is 24.0 Å². The summed E-state index contributed by atoms with van der Waals surface area (Å²) in [6.45, 7) is 4.70. The monoisotopic (exact) mass is 310 g/mol. The molecule has 1 aromatic rings. The summed E-state index contributed by atoms with van der Waals surface area (Å²) >= 11 is 11.8. The molecule has 1 rings (SSSR count). The SMILES string of the molecule is CCN(Cc1ccc(Cl)c(Cl)c1)C(=O)C(C)N.Cl. The third-order valence-electron chi connectivity index (χ3n) is 2.44. The molecule has 0 aliphatic rings. The van der Waals surface area contributed by atoms with Gasteiger partial charge in [-0.1, -0.05) is 29.3 Å². The van der Waals surface area contributed by atoms with Crippen molar-refractivity contribution in [3.63, 3.8) is 0 Å². The normalized spacial score (nSPS) is 11.6. The molecule has 0 bridgehead atoms. The number of nitrogens with zero attached hydrogens (tertiary/aromatic N) is 1. The molecule has 1 atom stereocenters. The van der Waals surface area contributed by atoms with Crippen molar-refractivity contribution >= 4 is 41.5 Å². The van der Waals surface area contributed by atoms with Gasteiger partial charge in [0.05, 0.1) is 16.1 Å². The van der Waals surface area contributed by atoms with Gasteiger partial charge in [-0.05, 0) is 31.5 Å². The van der Waals surface area contributed by atoms with Gasteiger partial charge in [-0.2, -0.15) is 0 Å². The summed E-state index contributed by atoms with van der Waals surface area (Å²) in [7, 11) is 0. The molecule has 0 aliphatic heterocycles. The first-order valence-electron chi connectivity index (χ1n) is 5.44. The molecule has 0 radical (unpaired) electrons. The maximum Gasteiger partial charge on any atom is 0.239 e. The zero-order chi connectivity index (χ0) is 13.0. The van der Waals surface area contributed by atoms with Gasteiger partial charge in [-0.3, -0.25) is 4.79 Å². The molecular weight excluding hydrogens is 295 g/mol. The Morgan fingerprint density at radius 3 is 2.44 bits per heavy atom. The average molecular weight is 312 g/mol. The molecular formula is C12H17Cl3N2O. The standard InChI is InChI=1S/C12H16Cl2N2O.ClH/c1-3-16(12(17)8(2)15)7-9-4-5-10(13)11(14)6-9;/h4-6,8H,3,7,15H2,1-2H3;1H. The highest BCUT2D eigenvalue weighted by molar-refractivity contribution is 6.42. The van der Waals surface area contributed by atoms with Crippen LogP contribution in [-0.2, 0) is 11.3 Å². The van der Waals surface area contributed by atoms with Crippen LogP contribution in [0, 0.1) is 0 Å². The summed E-state index contributed by atoms with van der Waals surface area (Å²) < 4.78 is 0. The van der Waals surface area contributed by atoms with E-state index in [9.17, 15) is 4.79 Å². The zero-order valence-corrected chi connectivity index (χ0v) is 12.6. The highest BCUT2D eigenvalue weighted by Crippen LogP contribution is 2.23. The van der Waals surface area contributed by atoms with Gasteiger partial charge in [0.1, 0.15) is 0 Å². The lowest BCUT2D eigenvalue weighted by Crippen LogP contribution is -2.41. The van der Waals surface area contributed by atoms with Gasteiger partial charge in [0, 0.05) is 13.1 Å². The number of likely N-dealkylation sites (N-methyl/N-ethyl adjacent to an activating group) is 1. The van der Waals surface area contributed by atoms with Crippen LogP contribution in [-0.4, -0.2) is 23.4 Å². The number of carbonyl (C=O) groups excluding carboxylic acids is 1. The van der Waals surface area contributed by atoms with Crippen LogP contribution in [0.5, 0.6) is 0 Å². The Labute approximate surface area is 124 Å². The number of carbonyl (C=O) groups is 1. The molecule has 2 N–H and O–H groups in total. The molecule has 0 saturated heterocycles. The first-order chi connectivity index (χ1) is 7.95. The molecule has 1 unspecified atom stereocenters. The lowest BCUT2D eigenvalue weighted by molar-refractivity contribution is -0.132. The van der Waals surface area contributed by atoms with Crippen LogP contribution in [0.15, 0.2) is 18.2 Å². The third kappa shape index (κ3) is 4.65. The van der Waals surface area contributed by atoms with Gasteiger partial charge >= 0.3 is 0 Å². The summed E-state index contributed by atoms with van der Waals surface area (Å²) in [5.41, 5.74) is 6.52. The summed E-state index contributed by atoms with van der Waals surface area (Å²) in [6.07, 6.45) is 0. The molecule has 0 spiro atoms. The molecule has 0 fully saturated rings. The van der Waals surface area contributed by atoms with Crippen molar-refractivity contribution in [3.05, 3.63) is 33.8 Å². The lowest BCUT2D eigenvalue weighted by atomic mass is 10.2. The van der Waals surface area contributed by atoms with E-state index in [2.05, 4.69) is 0 Å².